The Labute approximate surface area is 268 Å². The lowest BCUT2D eigenvalue weighted by Crippen LogP contribution is -2.60. The zero-order valence-corrected chi connectivity index (χ0v) is 27.3. The fraction of sp³-hybridized carbons (Fsp3) is 0.531. The zero-order valence-electron chi connectivity index (χ0n) is 26.4. The Morgan fingerprint density at radius 3 is 2.52 bits per heavy atom. The van der Waals surface area contributed by atoms with Crippen LogP contribution in [0.1, 0.15) is 46.5 Å². The molecule has 2 aromatic rings. The molecule has 1 aromatic carbocycles. The molecule has 14 heteroatoms. The fourth-order valence-corrected chi connectivity index (χ4v) is 7.31. The maximum atomic E-state index is 14.1. The number of amides is 4. The Kier molecular flexibility index (Phi) is 9.04. The molecule has 1 saturated heterocycles. The first kappa shape index (κ1) is 33.2. The number of pyridine rings is 1. The van der Waals surface area contributed by atoms with Gasteiger partial charge in [0.15, 0.2) is 0 Å². The number of sulfonamides is 1. The van der Waals surface area contributed by atoms with Gasteiger partial charge < -0.3 is 25.0 Å². The molecule has 0 bridgehead atoms. The van der Waals surface area contributed by atoms with Crippen molar-refractivity contribution in [2.45, 2.75) is 69.3 Å². The van der Waals surface area contributed by atoms with E-state index in [0.717, 1.165) is 10.9 Å². The summed E-state index contributed by atoms with van der Waals surface area (Å²) in [5, 5.41) is 5.59. The number of fused-ring (bicyclic) bond motifs is 1. The van der Waals surface area contributed by atoms with E-state index >= 15 is 0 Å². The van der Waals surface area contributed by atoms with E-state index in [2.05, 4.69) is 26.9 Å². The van der Waals surface area contributed by atoms with Crippen molar-refractivity contribution >= 4 is 44.7 Å². The SMILES string of the molecule is C=CC1CC1(NC(=O)C1CC(COc2ccnc3ccccc23)CN1C(=O)C(NC(=O)OC)C(C)(C)C)C(=O)NS(=O)(=O)C1CC1. The number of ether oxygens (including phenoxy) is 2. The van der Waals surface area contributed by atoms with Crippen LogP contribution in [0.25, 0.3) is 10.9 Å². The van der Waals surface area contributed by atoms with Crippen LogP contribution >= 0.6 is 0 Å². The largest absolute Gasteiger partial charge is 0.492 e. The zero-order chi connectivity index (χ0) is 33.4. The monoisotopic (exact) mass is 655 g/mol. The summed E-state index contributed by atoms with van der Waals surface area (Å²) >= 11 is 0. The number of likely N-dealkylation sites (tertiary alicyclic amines) is 1. The van der Waals surface area contributed by atoms with Crippen molar-refractivity contribution in [2.24, 2.45) is 17.3 Å². The number of para-hydroxylation sites is 1. The number of nitrogens with zero attached hydrogens (tertiary/aromatic N) is 2. The van der Waals surface area contributed by atoms with Gasteiger partial charge in [-0.1, -0.05) is 39.0 Å². The number of hydrogen-bond donors (Lipinski definition) is 3. The molecular formula is C32H41N5O8S. The van der Waals surface area contributed by atoms with Crippen molar-refractivity contribution in [3.8, 4) is 5.75 Å². The summed E-state index contributed by atoms with van der Waals surface area (Å²) in [5.41, 5.74) is -1.50. The van der Waals surface area contributed by atoms with Crippen molar-refractivity contribution in [1.29, 1.82) is 0 Å². The second kappa shape index (κ2) is 12.5. The summed E-state index contributed by atoms with van der Waals surface area (Å²) < 4.78 is 38.2. The van der Waals surface area contributed by atoms with Crippen LogP contribution < -0.4 is 20.1 Å². The molecule has 3 fully saturated rings. The van der Waals surface area contributed by atoms with Crippen LogP contribution in [-0.2, 0) is 29.1 Å². The summed E-state index contributed by atoms with van der Waals surface area (Å²) in [6.45, 7) is 9.40. The number of aromatic nitrogens is 1. The summed E-state index contributed by atoms with van der Waals surface area (Å²) in [4.78, 5) is 59.4. The molecule has 13 nitrogen and oxygen atoms in total. The van der Waals surface area contributed by atoms with Crippen molar-refractivity contribution in [1.82, 2.24) is 25.2 Å². The highest BCUT2D eigenvalue weighted by molar-refractivity contribution is 7.91. The molecule has 4 amide bonds. The molecule has 2 aliphatic carbocycles. The lowest BCUT2D eigenvalue weighted by molar-refractivity contribution is -0.142. The molecule has 2 heterocycles. The van der Waals surface area contributed by atoms with Crippen LogP contribution in [0, 0.1) is 17.3 Å². The van der Waals surface area contributed by atoms with E-state index < -0.39 is 68.0 Å². The van der Waals surface area contributed by atoms with Gasteiger partial charge in [-0.05, 0) is 49.3 Å². The Morgan fingerprint density at radius 2 is 1.89 bits per heavy atom. The minimum atomic E-state index is -3.86. The first-order valence-electron chi connectivity index (χ1n) is 15.3. The van der Waals surface area contributed by atoms with Crippen LogP contribution in [-0.4, -0.2) is 85.3 Å². The molecular weight excluding hydrogens is 614 g/mol. The minimum absolute atomic E-state index is 0.134. The minimum Gasteiger partial charge on any atom is -0.492 e. The van der Waals surface area contributed by atoms with E-state index in [4.69, 9.17) is 9.47 Å². The van der Waals surface area contributed by atoms with E-state index in [1.165, 1.54) is 18.1 Å². The third kappa shape index (κ3) is 6.81. The van der Waals surface area contributed by atoms with Crippen LogP contribution in [0.4, 0.5) is 4.79 Å². The molecule has 0 radical (unpaired) electrons. The third-order valence-corrected chi connectivity index (χ3v) is 10.7. The van der Waals surface area contributed by atoms with Gasteiger partial charge in [0.2, 0.25) is 21.8 Å². The van der Waals surface area contributed by atoms with Gasteiger partial charge in [0, 0.05) is 30.0 Å². The smallest absolute Gasteiger partial charge is 0.407 e. The Hall–Kier alpha value is -4.20. The van der Waals surface area contributed by atoms with Crippen molar-refractivity contribution in [3.63, 3.8) is 0 Å². The average Bonchev–Trinajstić information content (AvgIpc) is 3.94. The topological polar surface area (TPSA) is 173 Å². The predicted octanol–water partition coefficient (Wildman–Crippen LogP) is 2.27. The van der Waals surface area contributed by atoms with Crippen molar-refractivity contribution < 1.29 is 37.1 Å². The number of hydrogen-bond acceptors (Lipinski definition) is 9. The summed E-state index contributed by atoms with van der Waals surface area (Å²) in [6.07, 6.45) is 3.67. The summed E-state index contributed by atoms with van der Waals surface area (Å²) in [6, 6.07) is 7.20. The second-order valence-electron chi connectivity index (χ2n) is 13.4. The van der Waals surface area contributed by atoms with Gasteiger partial charge in [-0.2, -0.15) is 0 Å². The number of carbonyl (C=O) groups is 4. The van der Waals surface area contributed by atoms with Gasteiger partial charge in [0.05, 0.1) is 24.5 Å². The normalized spacial score (nSPS) is 24.9. The molecule has 3 aliphatic rings. The molecule has 1 aromatic heterocycles. The van der Waals surface area contributed by atoms with Gasteiger partial charge in [0.25, 0.3) is 5.91 Å². The lowest BCUT2D eigenvalue weighted by Gasteiger charge is -2.35. The van der Waals surface area contributed by atoms with E-state index in [1.54, 1.807) is 33.0 Å². The Balaban J connectivity index is 1.39. The van der Waals surface area contributed by atoms with Crippen LogP contribution in [0.5, 0.6) is 5.75 Å². The Morgan fingerprint density at radius 1 is 1.17 bits per heavy atom. The van der Waals surface area contributed by atoms with Crippen LogP contribution in [0.2, 0.25) is 0 Å². The van der Waals surface area contributed by atoms with Gasteiger partial charge in [-0.15, -0.1) is 6.58 Å². The maximum Gasteiger partial charge on any atom is 0.407 e. The van der Waals surface area contributed by atoms with Crippen molar-refractivity contribution in [3.05, 3.63) is 49.2 Å². The summed E-state index contributed by atoms with van der Waals surface area (Å²) in [5.74, 6) is -2.10. The highest BCUT2D eigenvalue weighted by Crippen LogP contribution is 2.45. The first-order valence-corrected chi connectivity index (χ1v) is 16.9. The number of carbonyl (C=O) groups excluding carboxylic acids is 4. The van der Waals surface area contributed by atoms with Crippen molar-refractivity contribution in [2.75, 3.05) is 20.3 Å². The maximum absolute atomic E-state index is 14.1. The molecule has 3 N–H and O–H groups in total. The van der Waals surface area contributed by atoms with E-state index in [0.29, 0.717) is 18.6 Å². The van der Waals surface area contributed by atoms with E-state index in [9.17, 15) is 27.6 Å². The lowest BCUT2D eigenvalue weighted by atomic mass is 9.85. The molecule has 1 aliphatic heterocycles. The quantitative estimate of drug-likeness (QED) is 0.307. The Bertz CT molecular complexity index is 1650. The van der Waals surface area contributed by atoms with Gasteiger partial charge in [0.1, 0.15) is 23.4 Å². The van der Waals surface area contributed by atoms with Gasteiger partial charge >= 0.3 is 6.09 Å². The third-order valence-electron chi connectivity index (χ3n) is 8.87. The highest BCUT2D eigenvalue weighted by Gasteiger charge is 2.62. The van der Waals surface area contributed by atoms with Gasteiger partial charge in [-0.25, -0.2) is 13.2 Å². The first-order chi connectivity index (χ1) is 21.7. The average molecular weight is 656 g/mol. The molecule has 248 valence electrons. The highest BCUT2D eigenvalue weighted by atomic mass is 32.2. The van der Waals surface area contributed by atoms with E-state index in [1.807, 2.05) is 24.3 Å². The second-order valence-corrected chi connectivity index (χ2v) is 15.3. The standard InChI is InChI=1S/C32H41N5O8S/c1-6-20-16-32(20,29(40)36-46(42,43)21-11-12-21)35-27(38)24-15-19(18-45-25-13-14-33-23-10-8-7-9-22(23)25)17-37(24)28(39)26(31(2,3)4)34-30(41)44-5/h6-10,13-14,19-21,24,26H,1,11-12,15-18H2,2-5H3,(H,34,41)(H,35,38)(H,36,40). The molecule has 0 spiro atoms. The molecule has 2 saturated carbocycles. The molecule has 5 atom stereocenters. The number of nitrogens with one attached hydrogen (secondary N) is 3. The molecule has 5 rings (SSSR count). The number of alkyl carbamates (subject to hydrolysis) is 1. The molecule has 5 unspecified atom stereocenters. The number of methoxy groups -OCH3 is 1. The number of rotatable bonds is 11. The van der Waals surface area contributed by atoms with Gasteiger partial charge in [-0.3, -0.25) is 24.1 Å². The fourth-order valence-electron chi connectivity index (χ4n) is 5.95. The van der Waals surface area contributed by atoms with E-state index in [-0.39, 0.29) is 31.9 Å². The number of benzene rings is 1. The predicted molar refractivity (Wildman–Crippen MR) is 169 cm³/mol. The molecule has 46 heavy (non-hydrogen) atoms. The summed E-state index contributed by atoms with van der Waals surface area (Å²) in [7, 11) is -2.67. The van der Waals surface area contributed by atoms with Crippen LogP contribution in [0.3, 0.4) is 0 Å². The van der Waals surface area contributed by atoms with Crippen LogP contribution in [0.15, 0.2) is 49.2 Å².